The minimum atomic E-state index is -0.398. The molecule has 0 aliphatic heterocycles. The highest BCUT2D eigenvalue weighted by Crippen LogP contribution is 2.29. The molecule has 2 aromatic carbocycles. The molecular weight excluding hydrogens is 414 g/mol. The third-order valence-electron chi connectivity index (χ3n) is 5.51. The Labute approximate surface area is 196 Å². The van der Waals surface area contributed by atoms with Crippen LogP contribution in [0.25, 0.3) is 16.6 Å². The summed E-state index contributed by atoms with van der Waals surface area (Å²) < 4.78 is 7.47. The van der Waals surface area contributed by atoms with Gasteiger partial charge in [0.25, 0.3) is 5.56 Å². The number of hydrogen-bond acceptors (Lipinski definition) is 4. The Bertz CT molecular complexity index is 1170. The van der Waals surface area contributed by atoms with E-state index in [1.165, 1.54) is 0 Å². The number of aromatic nitrogens is 2. The summed E-state index contributed by atoms with van der Waals surface area (Å²) in [4.78, 5) is 33.8. The Morgan fingerprint density at radius 3 is 2.33 bits per heavy atom. The smallest absolute Gasteiger partial charge is 0.266 e. The van der Waals surface area contributed by atoms with Gasteiger partial charge in [0.05, 0.1) is 29.2 Å². The van der Waals surface area contributed by atoms with E-state index < -0.39 is 6.04 Å². The highest BCUT2D eigenvalue weighted by atomic mass is 16.5. The zero-order chi connectivity index (χ0) is 24.1. The van der Waals surface area contributed by atoms with Crippen molar-refractivity contribution in [3.63, 3.8) is 0 Å². The number of para-hydroxylation sites is 3. The van der Waals surface area contributed by atoms with Crippen molar-refractivity contribution in [3.8, 4) is 11.4 Å². The Morgan fingerprint density at radius 1 is 1.00 bits per heavy atom. The van der Waals surface area contributed by atoms with E-state index >= 15 is 0 Å². The number of carbonyl (C=O) groups is 1. The van der Waals surface area contributed by atoms with Crippen LogP contribution in [0.3, 0.4) is 0 Å². The third kappa shape index (κ3) is 5.44. The zero-order valence-electron chi connectivity index (χ0n) is 20.5. The Hall–Kier alpha value is -3.15. The fourth-order valence-corrected chi connectivity index (χ4v) is 4.06. The molecule has 1 aromatic heterocycles. The number of carbonyl (C=O) groups excluding carboxylic acids is 1. The van der Waals surface area contributed by atoms with E-state index in [2.05, 4.69) is 13.8 Å². The molecule has 3 aromatic rings. The van der Waals surface area contributed by atoms with Gasteiger partial charge in [-0.2, -0.15) is 0 Å². The lowest BCUT2D eigenvalue weighted by Crippen LogP contribution is -2.40. The van der Waals surface area contributed by atoms with Crippen LogP contribution < -0.4 is 10.3 Å². The second-order valence-electron chi connectivity index (χ2n) is 9.24. The van der Waals surface area contributed by atoms with Gasteiger partial charge in [-0.1, -0.05) is 52.0 Å². The number of hydrogen-bond donors (Lipinski definition) is 0. The van der Waals surface area contributed by atoms with Crippen LogP contribution in [-0.2, 0) is 4.79 Å². The van der Waals surface area contributed by atoms with Crippen molar-refractivity contribution < 1.29 is 9.53 Å². The maximum absolute atomic E-state index is 13.8. The maximum atomic E-state index is 13.8. The van der Waals surface area contributed by atoms with Crippen LogP contribution in [0.5, 0.6) is 5.75 Å². The molecule has 3 rings (SSSR count). The number of nitrogens with zero attached hydrogens (tertiary/aromatic N) is 3. The summed E-state index contributed by atoms with van der Waals surface area (Å²) in [6, 6.07) is 14.4. The van der Waals surface area contributed by atoms with Crippen molar-refractivity contribution in [1.29, 1.82) is 0 Å². The first kappa shape index (κ1) is 24.5. The number of ether oxygens (including phenoxy) is 1. The second kappa shape index (κ2) is 10.6. The Morgan fingerprint density at radius 2 is 1.67 bits per heavy atom. The van der Waals surface area contributed by atoms with Gasteiger partial charge < -0.3 is 9.64 Å². The van der Waals surface area contributed by atoms with Crippen LogP contribution in [0.1, 0.15) is 59.8 Å². The predicted octanol–water partition coefficient (Wildman–Crippen LogP) is 5.38. The molecule has 0 saturated carbocycles. The monoisotopic (exact) mass is 449 g/mol. The highest BCUT2D eigenvalue weighted by molar-refractivity contribution is 5.79. The summed E-state index contributed by atoms with van der Waals surface area (Å²) in [5.41, 5.74) is 1.08. The normalized spacial score (nSPS) is 12.4. The van der Waals surface area contributed by atoms with Crippen molar-refractivity contribution in [3.05, 3.63) is 64.7 Å². The van der Waals surface area contributed by atoms with Gasteiger partial charge in [-0.3, -0.25) is 14.2 Å². The van der Waals surface area contributed by atoms with Crippen molar-refractivity contribution in [1.82, 2.24) is 14.5 Å². The molecule has 0 aliphatic carbocycles. The van der Waals surface area contributed by atoms with Crippen LogP contribution in [0.4, 0.5) is 0 Å². The highest BCUT2D eigenvalue weighted by Gasteiger charge is 2.28. The molecule has 0 spiro atoms. The van der Waals surface area contributed by atoms with E-state index in [0.717, 1.165) is 0 Å². The summed E-state index contributed by atoms with van der Waals surface area (Å²) >= 11 is 0. The summed E-state index contributed by atoms with van der Waals surface area (Å²) in [5, 5.41) is 0.531. The van der Waals surface area contributed by atoms with Gasteiger partial charge >= 0.3 is 0 Å². The molecule has 1 heterocycles. The SMILES string of the molecule is CCOc1ccccc1-n1c(C(C)N(CC(C)C)C(=O)CC(C)C)nc2ccccc2c1=O. The lowest BCUT2D eigenvalue weighted by atomic mass is 10.1. The lowest BCUT2D eigenvalue weighted by molar-refractivity contribution is -0.135. The van der Waals surface area contributed by atoms with Crippen LogP contribution in [-0.4, -0.2) is 33.5 Å². The number of rotatable bonds is 9. The first-order valence-corrected chi connectivity index (χ1v) is 11.8. The Kier molecular flexibility index (Phi) is 7.90. The molecule has 1 atom stereocenters. The first-order valence-electron chi connectivity index (χ1n) is 11.8. The van der Waals surface area contributed by atoms with E-state index in [1.807, 2.05) is 75.1 Å². The summed E-state index contributed by atoms with van der Waals surface area (Å²) in [5.74, 6) is 1.73. The van der Waals surface area contributed by atoms with Gasteiger partial charge in [-0.25, -0.2) is 4.98 Å². The van der Waals surface area contributed by atoms with Crippen LogP contribution in [0.15, 0.2) is 53.3 Å². The minimum Gasteiger partial charge on any atom is -0.492 e. The molecule has 1 unspecified atom stereocenters. The summed E-state index contributed by atoms with van der Waals surface area (Å²) in [6.07, 6.45) is 0.449. The molecule has 0 bridgehead atoms. The second-order valence-corrected chi connectivity index (χ2v) is 9.24. The molecule has 6 heteroatoms. The molecule has 0 radical (unpaired) electrons. The van der Waals surface area contributed by atoms with Crippen molar-refractivity contribution in [2.75, 3.05) is 13.2 Å². The third-order valence-corrected chi connectivity index (χ3v) is 5.51. The maximum Gasteiger partial charge on any atom is 0.266 e. The van der Waals surface area contributed by atoms with E-state index in [1.54, 1.807) is 10.6 Å². The van der Waals surface area contributed by atoms with E-state index in [4.69, 9.17) is 9.72 Å². The van der Waals surface area contributed by atoms with Gasteiger partial charge in [0, 0.05) is 13.0 Å². The molecular formula is C27H35N3O3. The minimum absolute atomic E-state index is 0.0678. The van der Waals surface area contributed by atoms with Crippen LogP contribution >= 0.6 is 0 Å². The standard InChI is InChI=1S/C27H35N3O3/c1-7-33-24-15-11-10-14-23(24)30-26(28-22-13-9-8-12-21(22)27(30)32)20(6)29(17-19(4)5)25(31)16-18(2)3/h8-15,18-20H,7,16-17H2,1-6H3. The molecule has 0 N–H and O–H groups in total. The molecule has 6 nitrogen and oxygen atoms in total. The number of fused-ring (bicyclic) bond motifs is 1. The predicted molar refractivity (Wildman–Crippen MR) is 133 cm³/mol. The van der Waals surface area contributed by atoms with Gasteiger partial charge in [-0.05, 0) is 49.9 Å². The molecule has 176 valence electrons. The average Bonchev–Trinajstić information content (AvgIpc) is 2.77. The molecule has 0 saturated heterocycles. The molecule has 1 amide bonds. The number of benzene rings is 2. The largest absolute Gasteiger partial charge is 0.492 e. The van der Waals surface area contributed by atoms with Gasteiger partial charge in [-0.15, -0.1) is 0 Å². The quantitative estimate of drug-likeness (QED) is 0.440. The number of amides is 1. The van der Waals surface area contributed by atoms with Crippen LogP contribution in [0, 0.1) is 11.8 Å². The van der Waals surface area contributed by atoms with Crippen molar-refractivity contribution in [2.24, 2.45) is 11.8 Å². The van der Waals surface area contributed by atoms with Crippen LogP contribution in [0.2, 0.25) is 0 Å². The molecule has 33 heavy (non-hydrogen) atoms. The molecule has 0 aliphatic rings. The van der Waals surface area contributed by atoms with E-state index in [0.29, 0.717) is 47.7 Å². The average molecular weight is 450 g/mol. The van der Waals surface area contributed by atoms with Crippen molar-refractivity contribution >= 4 is 16.8 Å². The van der Waals surface area contributed by atoms with Gasteiger partial charge in [0.2, 0.25) is 5.91 Å². The summed E-state index contributed by atoms with van der Waals surface area (Å²) in [6.45, 7) is 13.2. The topological polar surface area (TPSA) is 64.4 Å². The van der Waals surface area contributed by atoms with Gasteiger partial charge in [0.15, 0.2) is 0 Å². The fraction of sp³-hybridized carbons (Fsp3) is 0.444. The lowest BCUT2D eigenvalue weighted by Gasteiger charge is -2.32. The molecule has 0 fully saturated rings. The van der Waals surface area contributed by atoms with E-state index in [9.17, 15) is 9.59 Å². The zero-order valence-corrected chi connectivity index (χ0v) is 20.5. The first-order chi connectivity index (χ1) is 15.7. The fourth-order valence-electron chi connectivity index (χ4n) is 4.06. The van der Waals surface area contributed by atoms with Crippen molar-refractivity contribution in [2.45, 2.75) is 54.0 Å². The van der Waals surface area contributed by atoms with Gasteiger partial charge in [0.1, 0.15) is 11.6 Å². The van der Waals surface area contributed by atoms with E-state index in [-0.39, 0.29) is 23.3 Å². The summed E-state index contributed by atoms with van der Waals surface area (Å²) in [7, 11) is 0. The Balaban J connectivity index is 2.27.